The quantitative estimate of drug-likeness (QED) is 0.646. The second-order valence-electron chi connectivity index (χ2n) is 4.20. The molecule has 1 amide bonds. The molecular formula is C14H13N2O2-. The van der Waals surface area contributed by atoms with Crippen molar-refractivity contribution in [1.82, 2.24) is 5.43 Å². The average molecular weight is 241 g/mol. The third-order valence-electron chi connectivity index (χ3n) is 2.47. The lowest BCUT2D eigenvalue weighted by Gasteiger charge is -2.13. The van der Waals surface area contributed by atoms with E-state index >= 15 is 0 Å². The van der Waals surface area contributed by atoms with Gasteiger partial charge in [0, 0.05) is 11.3 Å². The molecule has 2 aromatic carbocycles. The molecule has 2 aromatic rings. The van der Waals surface area contributed by atoms with Crippen LogP contribution in [0.4, 0.5) is 0 Å². The maximum absolute atomic E-state index is 11.8. The predicted octanol–water partition coefficient (Wildman–Crippen LogP) is 2.04. The largest absolute Gasteiger partial charge is 0.872 e. The van der Waals surface area contributed by atoms with Gasteiger partial charge in [0.1, 0.15) is 0 Å². The summed E-state index contributed by atoms with van der Waals surface area (Å²) >= 11 is 0. The Bertz CT molecular complexity index is 629. The molecule has 18 heavy (non-hydrogen) atoms. The van der Waals surface area contributed by atoms with E-state index in [0.29, 0.717) is 0 Å². The van der Waals surface area contributed by atoms with Crippen molar-refractivity contribution in [2.24, 2.45) is 5.10 Å². The lowest BCUT2D eigenvalue weighted by Crippen LogP contribution is -2.20. The van der Waals surface area contributed by atoms with Crippen molar-refractivity contribution < 1.29 is 9.90 Å². The van der Waals surface area contributed by atoms with E-state index in [4.69, 9.17) is 0 Å². The van der Waals surface area contributed by atoms with Gasteiger partial charge in [-0.3, -0.25) is 4.79 Å². The fourth-order valence-electron chi connectivity index (χ4n) is 1.62. The molecule has 1 N–H and O–H groups in total. The smallest absolute Gasteiger partial charge is 0.270 e. The van der Waals surface area contributed by atoms with Crippen LogP contribution in [0.2, 0.25) is 0 Å². The van der Waals surface area contributed by atoms with Crippen molar-refractivity contribution in [2.75, 3.05) is 0 Å². The van der Waals surface area contributed by atoms with Crippen LogP contribution in [0.5, 0.6) is 5.75 Å². The van der Waals surface area contributed by atoms with Crippen molar-refractivity contribution in [3.63, 3.8) is 0 Å². The highest BCUT2D eigenvalue weighted by molar-refractivity contribution is 6.01. The van der Waals surface area contributed by atoms with E-state index in [-0.39, 0.29) is 11.3 Å². The van der Waals surface area contributed by atoms with Gasteiger partial charge in [-0.15, -0.1) is 0 Å². The highest BCUT2D eigenvalue weighted by atomic mass is 16.3. The van der Waals surface area contributed by atoms with Crippen LogP contribution in [0.3, 0.4) is 0 Å². The molecule has 4 nitrogen and oxygen atoms in total. The summed E-state index contributed by atoms with van der Waals surface area (Å²) in [5.41, 5.74) is 3.18. The summed E-state index contributed by atoms with van der Waals surface area (Å²) in [5, 5.41) is 17.3. The monoisotopic (exact) mass is 241 g/mol. The zero-order valence-electron chi connectivity index (χ0n) is 10.2. The Balaban J connectivity index is 2.41. The SMILES string of the molecule is CC(C)=NNC(=O)c1cc2ccccc2cc1[O-]. The van der Waals surface area contributed by atoms with E-state index in [1.54, 1.807) is 19.9 Å². The summed E-state index contributed by atoms with van der Waals surface area (Å²) in [4.78, 5) is 11.8. The number of amides is 1. The fourth-order valence-corrected chi connectivity index (χ4v) is 1.62. The van der Waals surface area contributed by atoms with Crippen LogP contribution >= 0.6 is 0 Å². The topological polar surface area (TPSA) is 64.5 Å². The molecule has 0 aliphatic carbocycles. The Hall–Kier alpha value is -2.36. The number of hydrazone groups is 1. The Morgan fingerprint density at radius 3 is 2.39 bits per heavy atom. The Kier molecular flexibility index (Phi) is 3.28. The lowest BCUT2D eigenvalue weighted by atomic mass is 10.1. The normalized spacial score (nSPS) is 10.1. The zero-order chi connectivity index (χ0) is 13.1. The first-order valence-electron chi connectivity index (χ1n) is 5.59. The molecular weight excluding hydrogens is 228 g/mol. The van der Waals surface area contributed by atoms with Crippen molar-refractivity contribution >= 4 is 22.4 Å². The van der Waals surface area contributed by atoms with E-state index in [9.17, 15) is 9.90 Å². The molecule has 0 spiro atoms. The maximum atomic E-state index is 11.8. The number of nitrogens with one attached hydrogen (secondary N) is 1. The van der Waals surface area contributed by atoms with Gasteiger partial charge in [-0.25, -0.2) is 5.43 Å². The molecule has 0 radical (unpaired) electrons. The number of benzene rings is 2. The number of hydrogen-bond donors (Lipinski definition) is 1. The van der Waals surface area contributed by atoms with Gasteiger partial charge in [-0.2, -0.15) is 5.10 Å². The van der Waals surface area contributed by atoms with Crippen molar-refractivity contribution in [2.45, 2.75) is 13.8 Å². The molecule has 0 fully saturated rings. The molecule has 92 valence electrons. The van der Waals surface area contributed by atoms with E-state index in [1.165, 1.54) is 6.07 Å². The zero-order valence-corrected chi connectivity index (χ0v) is 10.2. The van der Waals surface area contributed by atoms with E-state index < -0.39 is 5.91 Å². The number of fused-ring (bicyclic) bond motifs is 1. The van der Waals surface area contributed by atoms with E-state index in [2.05, 4.69) is 10.5 Å². The van der Waals surface area contributed by atoms with Crippen LogP contribution in [0.1, 0.15) is 24.2 Å². The van der Waals surface area contributed by atoms with Gasteiger partial charge < -0.3 is 5.11 Å². The van der Waals surface area contributed by atoms with Crippen LogP contribution in [0.25, 0.3) is 10.8 Å². The molecule has 0 saturated carbocycles. The minimum atomic E-state index is -0.480. The maximum Gasteiger partial charge on any atom is 0.270 e. The molecule has 2 rings (SSSR count). The van der Waals surface area contributed by atoms with Crippen LogP contribution in [0, 0.1) is 0 Å². The Labute approximate surface area is 105 Å². The van der Waals surface area contributed by atoms with E-state index in [1.807, 2.05) is 24.3 Å². The van der Waals surface area contributed by atoms with E-state index in [0.717, 1.165) is 16.5 Å². The number of carbonyl (C=O) groups is 1. The molecule has 0 aromatic heterocycles. The Morgan fingerprint density at radius 1 is 1.17 bits per heavy atom. The number of hydrogen-bond acceptors (Lipinski definition) is 3. The van der Waals surface area contributed by atoms with Gasteiger partial charge in [-0.05, 0) is 30.7 Å². The minimum absolute atomic E-state index is 0.110. The molecule has 0 unspecified atom stereocenters. The van der Waals surface area contributed by atoms with Crippen LogP contribution < -0.4 is 10.5 Å². The summed E-state index contributed by atoms with van der Waals surface area (Å²) in [6.07, 6.45) is 0. The molecule has 0 bridgehead atoms. The fraction of sp³-hybridized carbons (Fsp3) is 0.143. The summed E-state index contributed by atoms with van der Waals surface area (Å²) in [7, 11) is 0. The summed E-state index contributed by atoms with van der Waals surface area (Å²) in [5.74, 6) is -0.776. The van der Waals surface area contributed by atoms with Crippen molar-refractivity contribution in [3.05, 3.63) is 42.0 Å². The molecule has 0 aliphatic rings. The second-order valence-corrected chi connectivity index (χ2v) is 4.20. The summed E-state index contributed by atoms with van der Waals surface area (Å²) in [6, 6.07) is 10.5. The Morgan fingerprint density at radius 2 is 1.78 bits per heavy atom. The third kappa shape index (κ3) is 2.48. The highest BCUT2D eigenvalue weighted by Crippen LogP contribution is 2.22. The minimum Gasteiger partial charge on any atom is -0.872 e. The van der Waals surface area contributed by atoms with Gasteiger partial charge in [0.15, 0.2) is 0 Å². The van der Waals surface area contributed by atoms with Crippen molar-refractivity contribution in [3.8, 4) is 5.75 Å². The molecule has 0 heterocycles. The van der Waals surface area contributed by atoms with Crippen molar-refractivity contribution in [1.29, 1.82) is 0 Å². The van der Waals surface area contributed by atoms with Crippen LogP contribution in [0.15, 0.2) is 41.5 Å². The summed E-state index contributed by atoms with van der Waals surface area (Å²) in [6.45, 7) is 3.53. The number of carbonyl (C=O) groups excluding carboxylic acids is 1. The number of rotatable bonds is 2. The standard InChI is InChI=1S/C14H14N2O2/c1-9(2)15-16-14(18)12-7-10-5-3-4-6-11(10)8-13(12)17/h3-8,17H,1-2H3,(H,16,18)/p-1. The first-order chi connectivity index (χ1) is 8.58. The van der Waals surface area contributed by atoms with Gasteiger partial charge in [0.05, 0.1) is 0 Å². The third-order valence-corrected chi connectivity index (χ3v) is 2.47. The van der Waals surface area contributed by atoms with Gasteiger partial charge in [0.2, 0.25) is 0 Å². The van der Waals surface area contributed by atoms with Crippen LogP contribution in [-0.2, 0) is 0 Å². The average Bonchev–Trinajstić information content (AvgIpc) is 2.35. The number of nitrogens with zero attached hydrogens (tertiary/aromatic N) is 1. The molecule has 0 saturated heterocycles. The van der Waals surface area contributed by atoms with Crippen LogP contribution in [-0.4, -0.2) is 11.6 Å². The molecule has 4 heteroatoms. The first-order valence-corrected chi connectivity index (χ1v) is 5.59. The highest BCUT2D eigenvalue weighted by Gasteiger charge is 2.06. The van der Waals surface area contributed by atoms with Gasteiger partial charge in [0.25, 0.3) is 5.91 Å². The van der Waals surface area contributed by atoms with Gasteiger partial charge in [-0.1, -0.05) is 36.1 Å². The lowest BCUT2D eigenvalue weighted by molar-refractivity contribution is -0.268. The van der Waals surface area contributed by atoms with Gasteiger partial charge >= 0.3 is 0 Å². The molecule has 0 aliphatic heterocycles. The molecule has 0 atom stereocenters. The predicted molar refractivity (Wildman–Crippen MR) is 69.6 cm³/mol. The second kappa shape index (κ2) is 4.87. The first kappa shape index (κ1) is 12.1. The summed E-state index contributed by atoms with van der Waals surface area (Å²) < 4.78 is 0.